The van der Waals surface area contributed by atoms with Crippen LogP contribution in [0.1, 0.15) is 83.1 Å². The van der Waals surface area contributed by atoms with E-state index in [0.29, 0.717) is 64.9 Å². The third-order valence-corrected chi connectivity index (χ3v) is 9.79. The van der Waals surface area contributed by atoms with Crippen molar-refractivity contribution in [3.05, 3.63) is 114 Å². The quantitative estimate of drug-likeness (QED) is 0.283. The minimum absolute atomic E-state index is 0.0455. The normalized spacial score (nSPS) is 16.4. The van der Waals surface area contributed by atoms with Gasteiger partial charge in [-0.15, -0.1) is 10.2 Å². The topological polar surface area (TPSA) is 83.6 Å². The number of benzene rings is 2. The van der Waals surface area contributed by atoms with Gasteiger partial charge in [0, 0.05) is 33.4 Å². The summed E-state index contributed by atoms with van der Waals surface area (Å²) >= 11 is 26.8. The van der Waals surface area contributed by atoms with Gasteiger partial charge >= 0.3 is 0 Å². The molecular weight excluding hydrogens is 734 g/mol. The van der Waals surface area contributed by atoms with Gasteiger partial charge in [-0.1, -0.05) is 129 Å². The molecule has 4 rings (SSSR count). The third-order valence-electron chi connectivity index (χ3n) is 8.56. The molecule has 0 atom stereocenters. The Morgan fingerprint density at radius 1 is 0.442 bits per heavy atom. The van der Waals surface area contributed by atoms with Crippen LogP contribution in [0.3, 0.4) is 0 Å². The van der Waals surface area contributed by atoms with Gasteiger partial charge in [0.15, 0.2) is 11.6 Å². The summed E-state index contributed by atoms with van der Waals surface area (Å²) in [6.07, 6.45) is 10.6. The number of allylic oxidation sites excluding steroid dienone is 10. The zero-order valence-corrected chi connectivity index (χ0v) is 34.9. The van der Waals surface area contributed by atoms with Crippen molar-refractivity contribution in [3.63, 3.8) is 0 Å². The number of nitrogens with zero attached hydrogens (tertiary/aromatic N) is 4. The Bertz CT molecular complexity index is 1860. The molecule has 0 unspecified atom stereocenters. The first-order chi connectivity index (χ1) is 23.8. The molecule has 0 fully saturated rings. The van der Waals surface area contributed by atoms with Gasteiger partial charge in [0.1, 0.15) is 11.4 Å². The highest BCUT2D eigenvalue weighted by molar-refractivity contribution is 6.40. The summed E-state index contributed by atoms with van der Waals surface area (Å²) in [5.74, 6) is 0.0910. The average Bonchev–Trinajstić information content (AvgIpc) is 2.99. The van der Waals surface area contributed by atoms with Crippen LogP contribution < -0.4 is 0 Å². The van der Waals surface area contributed by atoms with E-state index < -0.39 is 0 Å². The predicted octanol–water partition coefficient (Wildman–Crippen LogP) is 15.0. The maximum Gasteiger partial charge on any atom is 0.186 e. The Kier molecular flexibility index (Phi) is 12.0. The smallest absolute Gasteiger partial charge is 0.186 e. The predicted molar refractivity (Wildman–Crippen MR) is 217 cm³/mol. The summed E-state index contributed by atoms with van der Waals surface area (Å²) in [4.78, 5) is 26.5. The Balaban J connectivity index is 1.63. The number of Topliss-reactive ketones (excluding diaryl/α,β-unsaturated/α-hetero) is 2. The molecule has 0 heterocycles. The molecule has 52 heavy (non-hydrogen) atoms. The van der Waals surface area contributed by atoms with Crippen LogP contribution in [0.4, 0.5) is 11.4 Å². The van der Waals surface area contributed by atoms with E-state index in [4.69, 9.17) is 46.4 Å². The molecule has 0 spiro atoms. The molecule has 0 radical (unpaired) electrons. The Hall–Kier alpha value is -3.42. The highest BCUT2D eigenvalue weighted by Crippen LogP contribution is 2.44. The first-order valence-corrected chi connectivity index (χ1v) is 18.5. The lowest BCUT2D eigenvalue weighted by Crippen LogP contribution is -2.27. The molecule has 0 saturated heterocycles. The number of carbonyl (C=O) groups excluding carboxylic acids is 2. The summed E-state index contributed by atoms with van der Waals surface area (Å²) in [5.41, 5.74) is 4.84. The van der Waals surface area contributed by atoms with Crippen LogP contribution in [0.25, 0.3) is 11.1 Å². The lowest BCUT2D eigenvalue weighted by Gasteiger charge is -2.31. The maximum atomic E-state index is 13.3. The van der Waals surface area contributed by atoms with Crippen molar-refractivity contribution in [1.82, 2.24) is 0 Å². The summed E-state index contributed by atoms with van der Waals surface area (Å²) in [6.45, 7) is 24.2. The van der Waals surface area contributed by atoms with Crippen molar-refractivity contribution in [3.8, 4) is 11.1 Å². The molecule has 2 aliphatic carbocycles. The highest BCUT2D eigenvalue weighted by atomic mass is 35.5. The van der Waals surface area contributed by atoms with Crippen molar-refractivity contribution >= 4 is 69.3 Å². The lowest BCUT2D eigenvalue weighted by atomic mass is 9.72. The summed E-state index contributed by atoms with van der Waals surface area (Å²) in [6, 6.07) is 6.53. The van der Waals surface area contributed by atoms with Crippen molar-refractivity contribution in [2.24, 2.45) is 42.1 Å². The van der Waals surface area contributed by atoms with Crippen LogP contribution in [0, 0.1) is 21.7 Å². The molecular formula is C42H46Cl4N4O2. The average molecular weight is 781 g/mol. The van der Waals surface area contributed by atoms with Gasteiger partial charge in [-0.05, 0) is 81.4 Å². The molecule has 2 aliphatic rings. The van der Waals surface area contributed by atoms with Gasteiger partial charge in [-0.3, -0.25) is 9.59 Å². The summed E-state index contributed by atoms with van der Waals surface area (Å²) in [5, 5.41) is 18.5. The first kappa shape index (κ1) is 41.3. The van der Waals surface area contributed by atoms with Gasteiger partial charge in [0.2, 0.25) is 0 Å². The monoisotopic (exact) mass is 778 g/mol. The van der Waals surface area contributed by atoms with Crippen molar-refractivity contribution in [1.29, 1.82) is 0 Å². The molecule has 0 aliphatic heterocycles. The van der Waals surface area contributed by atoms with Crippen LogP contribution in [0.15, 0.2) is 115 Å². The van der Waals surface area contributed by atoms with Crippen LogP contribution in [-0.2, 0) is 9.59 Å². The van der Waals surface area contributed by atoms with E-state index in [0.717, 1.165) is 11.1 Å². The van der Waals surface area contributed by atoms with E-state index in [1.807, 2.05) is 107 Å². The summed E-state index contributed by atoms with van der Waals surface area (Å²) in [7, 11) is 0. The van der Waals surface area contributed by atoms with Gasteiger partial charge < -0.3 is 0 Å². The SMILES string of the molecule is CC(C)(C)C1=CC(=CN=Nc2cc(Cl)c(-c3cc(Cl)c(N=NC=C4C=C(C(C)(C)C)C(=O)C(C(C)(C)C)=C4)cc3Cl)cc2Cl)C=C(C(C)(C)C)C1=O. The van der Waals surface area contributed by atoms with E-state index in [1.165, 1.54) is 0 Å². The van der Waals surface area contributed by atoms with Crippen molar-refractivity contribution < 1.29 is 9.59 Å². The fourth-order valence-electron chi connectivity index (χ4n) is 5.63. The van der Waals surface area contributed by atoms with Crippen LogP contribution in [-0.4, -0.2) is 11.6 Å². The molecule has 2 aromatic carbocycles. The van der Waals surface area contributed by atoms with Crippen molar-refractivity contribution in [2.45, 2.75) is 83.1 Å². The highest BCUT2D eigenvalue weighted by Gasteiger charge is 2.35. The van der Waals surface area contributed by atoms with E-state index in [2.05, 4.69) is 20.5 Å². The minimum Gasteiger partial charge on any atom is -0.289 e. The molecule has 6 nitrogen and oxygen atoms in total. The minimum atomic E-state index is -0.340. The second-order valence-electron chi connectivity index (χ2n) is 17.1. The number of azo groups is 2. The Morgan fingerprint density at radius 2 is 0.712 bits per heavy atom. The number of hydrogen-bond acceptors (Lipinski definition) is 6. The maximum absolute atomic E-state index is 13.3. The van der Waals surface area contributed by atoms with Gasteiger partial charge in [0.05, 0.1) is 32.5 Å². The third kappa shape index (κ3) is 9.57. The zero-order valence-electron chi connectivity index (χ0n) is 31.9. The molecule has 274 valence electrons. The van der Waals surface area contributed by atoms with Crippen LogP contribution in [0.2, 0.25) is 20.1 Å². The zero-order chi connectivity index (χ0) is 39.1. The molecule has 0 N–H and O–H groups in total. The van der Waals surface area contributed by atoms with E-state index in [9.17, 15) is 9.59 Å². The molecule has 0 saturated carbocycles. The number of ketones is 2. The standard InChI is InChI=1S/C42H46Cl4N4O2/c1-39(2,3)27-13-23(14-28(37(27)51)40(4,5)6)21-47-49-35-19-31(43)25(17-33(35)45)26-18-34(46)36(20-32(26)44)50-48-22-24-15-29(41(7,8)9)38(52)30(16-24)42(10,11)12/h13-22H,1-12H3. The van der Waals surface area contributed by atoms with Crippen molar-refractivity contribution in [2.75, 3.05) is 0 Å². The molecule has 2 aromatic rings. The first-order valence-electron chi connectivity index (χ1n) is 17.0. The second kappa shape index (κ2) is 15.1. The lowest BCUT2D eigenvalue weighted by molar-refractivity contribution is -0.114. The largest absolute Gasteiger partial charge is 0.289 e. The van der Waals surface area contributed by atoms with Crippen LogP contribution in [0.5, 0.6) is 0 Å². The number of hydrogen-bond donors (Lipinski definition) is 0. The van der Waals surface area contributed by atoms with E-state index in [-0.39, 0.29) is 33.2 Å². The molecule has 0 bridgehead atoms. The molecule has 0 aromatic heterocycles. The Morgan fingerprint density at radius 3 is 0.962 bits per heavy atom. The number of halogens is 4. The fourth-order valence-corrected chi connectivity index (χ4v) is 6.56. The summed E-state index contributed by atoms with van der Waals surface area (Å²) < 4.78 is 0. The van der Waals surface area contributed by atoms with E-state index in [1.54, 1.807) is 36.7 Å². The Labute approximate surface area is 328 Å². The number of carbonyl (C=O) groups is 2. The van der Waals surface area contributed by atoms with Gasteiger partial charge in [-0.25, -0.2) is 0 Å². The molecule has 10 heteroatoms. The molecule has 0 amide bonds. The van der Waals surface area contributed by atoms with Gasteiger partial charge in [-0.2, -0.15) is 10.2 Å². The second-order valence-corrected chi connectivity index (χ2v) is 18.8. The number of rotatable bonds is 5. The van der Waals surface area contributed by atoms with E-state index >= 15 is 0 Å². The van der Waals surface area contributed by atoms with Crippen LogP contribution >= 0.6 is 46.4 Å². The fraction of sp³-hybridized carbons (Fsp3) is 0.381. The van der Waals surface area contributed by atoms with Gasteiger partial charge in [0.25, 0.3) is 0 Å².